The van der Waals surface area contributed by atoms with Crippen LogP contribution in [-0.4, -0.2) is 40.2 Å². The number of benzene rings is 2. The van der Waals surface area contributed by atoms with Gasteiger partial charge in [0.15, 0.2) is 11.8 Å². The molecule has 3 rings (SSSR count). The molecule has 0 unspecified atom stereocenters. The minimum absolute atomic E-state index is 0.166. The monoisotopic (exact) mass is 478 g/mol. The normalized spacial score (nSPS) is 16.7. The molecule has 1 fully saturated rings. The number of hydrogen-bond donors (Lipinski definition) is 1. The van der Waals surface area contributed by atoms with Crippen molar-refractivity contribution >= 4 is 56.5 Å². The van der Waals surface area contributed by atoms with E-state index in [1.54, 1.807) is 41.3 Å². The van der Waals surface area contributed by atoms with E-state index < -0.39 is 12.6 Å². The van der Waals surface area contributed by atoms with Crippen LogP contribution in [0.15, 0.2) is 56.8 Å². The molecule has 1 amide bonds. The number of thioether (sulfide) groups is 1. The van der Waals surface area contributed by atoms with Crippen LogP contribution in [0.5, 0.6) is 5.75 Å². The second-order valence-corrected chi connectivity index (χ2v) is 7.77. The third-order valence-corrected chi connectivity index (χ3v) is 5.49. The Kier molecular flexibility index (Phi) is 6.71. The van der Waals surface area contributed by atoms with Crippen LogP contribution in [-0.2, 0) is 9.59 Å². The summed E-state index contributed by atoms with van der Waals surface area (Å²) in [6, 6.07) is 10.8. The summed E-state index contributed by atoms with van der Waals surface area (Å²) in [5.74, 6) is -1.18. The number of carboxylic acids is 1. The number of carbonyl (C=O) groups is 2. The number of likely N-dealkylation sites (N-methyl/N-ethyl adjacent to an activating group) is 1. The summed E-state index contributed by atoms with van der Waals surface area (Å²) in [5.41, 5.74) is 1.30. The third-order valence-electron chi connectivity index (χ3n) is 3.86. The van der Waals surface area contributed by atoms with Crippen molar-refractivity contribution in [1.82, 2.24) is 4.90 Å². The third kappa shape index (κ3) is 5.24. The smallest absolute Gasteiger partial charge is 0.341 e. The number of nitrogens with zero attached hydrogens (tertiary/aromatic N) is 2. The maximum absolute atomic E-state index is 13.1. The lowest BCUT2D eigenvalue weighted by atomic mass is 10.2. The van der Waals surface area contributed by atoms with Crippen LogP contribution in [0, 0.1) is 5.82 Å². The molecular weight excluding hydrogens is 463 g/mol. The van der Waals surface area contributed by atoms with Gasteiger partial charge in [0.25, 0.3) is 5.91 Å². The second kappa shape index (κ2) is 9.23. The van der Waals surface area contributed by atoms with Gasteiger partial charge in [0.05, 0.1) is 15.1 Å². The molecule has 0 aliphatic carbocycles. The number of amidine groups is 1. The van der Waals surface area contributed by atoms with Crippen LogP contribution < -0.4 is 4.74 Å². The van der Waals surface area contributed by atoms with E-state index in [2.05, 4.69) is 20.9 Å². The first-order valence-electron chi connectivity index (χ1n) is 8.57. The molecule has 0 aromatic heterocycles. The fourth-order valence-corrected chi connectivity index (χ4v) is 4.08. The van der Waals surface area contributed by atoms with E-state index in [1.807, 2.05) is 6.92 Å². The standard InChI is InChI=1S/C20H16BrFN2O4S/c1-2-24-19(27)17(29-20(24)23-14-6-4-13(22)5-7-14)10-12-3-8-16(15(21)9-12)28-11-18(25)26/h3-10H,2,11H2,1H3,(H,25,26)/b17-10-,23-20?. The Hall–Kier alpha value is -2.65. The molecular formula is C20H16BrFN2O4S. The molecule has 1 saturated heterocycles. The lowest BCUT2D eigenvalue weighted by Crippen LogP contribution is -2.28. The van der Waals surface area contributed by atoms with E-state index >= 15 is 0 Å². The fraction of sp³-hybridized carbons (Fsp3) is 0.150. The van der Waals surface area contributed by atoms with Crippen LogP contribution in [0.4, 0.5) is 10.1 Å². The minimum atomic E-state index is -1.07. The summed E-state index contributed by atoms with van der Waals surface area (Å²) in [6.07, 6.45) is 1.73. The number of rotatable bonds is 6. The van der Waals surface area contributed by atoms with Gasteiger partial charge >= 0.3 is 5.97 Å². The molecule has 0 radical (unpaired) electrons. The number of halogens is 2. The van der Waals surface area contributed by atoms with Crippen LogP contribution in [0.2, 0.25) is 0 Å². The van der Waals surface area contributed by atoms with Gasteiger partial charge < -0.3 is 9.84 Å². The number of carboxylic acid groups (broad SMARTS) is 1. The van der Waals surface area contributed by atoms with Crippen LogP contribution in [0.1, 0.15) is 12.5 Å². The van der Waals surface area contributed by atoms with Gasteiger partial charge in [-0.25, -0.2) is 14.2 Å². The van der Waals surface area contributed by atoms with Crippen LogP contribution in [0.25, 0.3) is 6.08 Å². The van der Waals surface area contributed by atoms with E-state index in [0.29, 0.717) is 32.5 Å². The molecule has 2 aromatic rings. The number of aliphatic imine (C=N–C) groups is 1. The van der Waals surface area contributed by atoms with Gasteiger partial charge in [-0.05, 0) is 82.7 Å². The van der Waals surface area contributed by atoms with E-state index in [9.17, 15) is 14.0 Å². The molecule has 0 atom stereocenters. The van der Waals surface area contributed by atoms with Gasteiger partial charge in [-0.15, -0.1) is 0 Å². The number of hydrogen-bond acceptors (Lipinski definition) is 5. The van der Waals surface area contributed by atoms with Gasteiger partial charge in [-0.3, -0.25) is 9.69 Å². The maximum atomic E-state index is 13.1. The van der Waals surface area contributed by atoms with Crippen molar-refractivity contribution in [2.75, 3.05) is 13.2 Å². The quantitative estimate of drug-likeness (QED) is 0.609. The summed E-state index contributed by atoms with van der Waals surface area (Å²) in [4.78, 5) is 29.9. The van der Waals surface area contributed by atoms with Crippen molar-refractivity contribution in [3.8, 4) is 5.75 Å². The SMILES string of the molecule is CCN1C(=O)/C(=C/c2ccc(OCC(=O)O)c(Br)c2)SC1=Nc1ccc(F)cc1. The Bertz CT molecular complexity index is 1010. The van der Waals surface area contributed by atoms with E-state index in [-0.39, 0.29) is 11.7 Å². The van der Waals surface area contributed by atoms with Gasteiger partial charge in [-0.2, -0.15) is 0 Å². The number of amides is 1. The van der Waals surface area contributed by atoms with Crippen molar-refractivity contribution in [1.29, 1.82) is 0 Å². The number of aliphatic carboxylic acids is 1. The number of carbonyl (C=O) groups excluding carboxylic acids is 1. The molecule has 6 nitrogen and oxygen atoms in total. The van der Waals surface area contributed by atoms with E-state index in [1.165, 1.54) is 23.9 Å². The maximum Gasteiger partial charge on any atom is 0.341 e. The van der Waals surface area contributed by atoms with Crippen molar-refractivity contribution in [3.63, 3.8) is 0 Å². The van der Waals surface area contributed by atoms with Crippen molar-refractivity contribution in [3.05, 3.63) is 63.2 Å². The molecule has 2 aromatic carbocycles. The zero-order valence-corrected chi connectivity index (χ0v) is 17.7. The molecule has 150 valence electrons. The molecule has 0 bridgehead atoms. The van der Waals surface area contributed by atoms with Gasteiger partial charge in [0, 0.05) is 6.54 Å². The Morgan fingerprint density at radius 2 is 2.03 bits per heavy atom. The van der Waals surface area contributed by atoms with Gasteiger partial charge in [0.1, 0.15) is 11.6 Å². The summed E-state index contributed by atoms with van der Waals surface area (Å²) in [6.45, 7) is 1.86. The minimum Gasteiger partial charge on any atom is -0.481 e. The van der Waals surface area contributed by atoms with Crippen molar-refractivity contribution in [2.24, 2.45) is 4.99 Å². The Balaban J connectivity index is 1.84. The average molecular weight is 479 g/mol. The van der Waals surface area contributed by atoms with Crippen LogP contribution >= 0.6 is 27.7 Å². The highest BCUT2D eigenvalue weighted by atomic mass is 79.9. The lowest BCUT2D eigenvalue weighted by molar-refractivity contribution is -0.139. The van der Waals surface area contributed by atoms with E-state index in [0.717, 1.165) is 5.56 Å². The fourth-order valence-electron chi connectivity index (χ4n) is 2.51. The van der Waals surface area contributed by atoms with E-state index in [4.69, 9.17) is 9.84 Å². The first-order valence-corrected chi connectivity index (χ1v) is 10.2. The Morgan fingerprint density at radius 3 is 2.66 bits per heavy atom. The first-order chi connectivity index (χ1) is 13.9. The van der Waals surface area contributed by atoms with Crippen molar-refractivity contribution in [2.45, 2.75) is 6.92 Å². The summed E-state index contributed by atoms with van der Waals surface area (Å²) < 4.78 is 18.8. The first kappa shape index (κ1) is 21.1. The zero-order valence-electron chi connectivity index (χ0n) is 15.3. The molecule has 29 heavy (non-hydrogen) atoms. The van der Waals surface area contributed by atoms with Gasteiger partial charge in [0.2, 0.25) is 0 Å². The molecule has 1 aliphatic rings. The predicted molar refractivity (Wildman–Crippen MR) is 114 cm³/mol. The molecule has 0 spiro atoms. The lowest BCUT2D eigenvalue weighted by Gasteiger charge is -2.11. The largest absolute Gasteiger partial charge is 0.481 e. The van der Waals surface area contributed by atoms with Gasteiger partial charge in [-0.1, -0.05) is 6.07 Å². The van der Waals surface area contributed by atoms with Crippen molar-refractivity contribution < 1.29 is 23.8 Å². The number of ether oxygens (including phenoxy) is 1. The highest BCUT2D eigenvalue weighted by Crippen LogP contribution is 2.35. The molecule has 1 N–H and O–H groups in total. The molecule has 0 saturated carbocycles. The highest BCUT2D eigenvalue weighted by Gasteiger charge is 2.32. The second-order valence-electron chi connectivity index (χ2n) is 5.90. The Morgan fingerprint density at radius 1 is 1.31 bits per heavy atom. The summed E-state index contributed by atoms with van der Waals surface area (Å²) in [5, 5.41) is 9.23. The average Bonchev–Trinajstić information content (AvgIpc) is 2.97. The molecule has 9 heteroatoms. The molecule has 1 heterocycles. The summed E-state index contributed by atoms with van der Waals surface area (Å²) in [7, 11) is 0. The van der Waals surface area contributed by atoms with Crippen LogP contribution in [0.3, 0.4) is 0 Å². The Labute approximate surface area is 179 Å². The summed E-state index contributed by atoms with van der Waals surface area (Å²) >= 11 is 4.58. The zero-order chi connectivity index (χ0) is 21.0. The molecule has 1 aliphatic heterocycles. The highest BCUT2D eigenvalue weighted by molar-refractivity contribution is 9.10. The topological polar surface area (TPSA) is 79.2 Å². The predicted octanol–water partition coefficient (Wildman–Crippen LogP) is 4.68.